The summed E-state index contributed by atoms with van der Waals surface area (Å²) in [5.74, 6) is -0.254. The van der Waals surface area contributed by atoms with E-state index < -0.39 is 5.95 Å². The molecule has 0 radical (unpaired) electrons. The van der Waals surface area contributed by atoms with Gasteiger partial charge in [0.25, 0.3) is 0 Å². The minimum atomic E-state index is -0.547. The van der Waals surface area contributed by atoms with Crippen molar-refractivity contribution in [3.8, 4) is 11.8 Å². The lowest BCUT2D eigenvalue weighted by Crippen LogP contribution is -2.28. The minimum absolute atomic E-state index is 0.0795. The van der Waals surface area contributed by atoms with Gasteiger partial charge in [0.2, 0.25) is 11.9 Å². The molecule has 10 heteroatoms. The largest absolute Gasteiger partial charge is 0.494 e. The maximum Gasteiger partial charge on any atom is 0.316 e. The molecule has 0 unspecified atom stereocenters. The average molecular weight is 381 g/mol. The van der Waals surface area contributed by atoms with E-state index in [1.165, 1.54) is 6.92 Å². The predicted octanol–water partition coefficient (Wildman–Crippen LogP) is 2.08. The molecule has 3 heterocycles. The van der Waals surface area contributed by atoms with E-state index in [0.717, 1.165) is 17.8 Å². The van der Waals surface area contributed by atoms with Crippen LogP contribution in [-0.4, -0.2) is 51.6 Å². The molecule has 2 atom stereocenters. The van der Waals surface area contributed by atoms with Gasteiger partial charge in [0, 0.05) is 32.5 Å². The summed E-state index contributed by atoms with van der Waals surface area (Å²) in [7, 11) is 1.55. The van der Waals surface area contributed by atoms with E-state index in [1.54, 1.807) is 19.5 Å². The Morgan fingerprint density at radius 2 is 2.19 bits per heavy atom. The fraction of sp³-hybridized carbons (Fsp3) is 0.500. The molecule has 1 fully saturated rings. The third-order valence-corrected chi connectivity index (χ3v) is 4.99. The number of nitrogens with one attached hydrogen (secondary N) is 1. The van der Waals surface area contributed by atoms with Gasteiger partial charge in [0.1, 0.15) is 6.10 Å². The van der Waals surface area contributed by atoms with Gasteiger partial charge in [0.05, 0.1) is 24.4 Å². The molecule has 1 saturated heterocycles. The van der Waals surface area contributed by atoms with Crippen LogP contribution in [0.15, 0.2) is 12.4 Å². The lowest BCUT2D eigenvalue weighted by atomic mass is 10.2. The number of nitrogens with zero attached hydrogens (tertiary/aromatic N) is 4. The van der Waals surface area contributed by atoms with Crippen molar-refractivity contribution in [2.45, 2.75) is 39.0 Å². The van der Waals surface area contributed by atoms with E-state index in [9.17, 15) is 9.18 Å². The van der Waals surface area contributed by atoms with E-state index in [-0.39, 0.29) is 23.2 Å². The van der Waals surface area contributed by atoms with Crippen LogP contribution in [0.1, 0.15) is 25.1 Å². The third kappa shape index (κ3) is 4.44. The van der Waals surface area contributed by atoms with Crippen LogP contribution in [0.2, 0.25) is 0 Å². The SMILES string of the molecule is COc1cnc(O[C@@H]2C[C@H](C)N(Cc3sc(NC(C)=O)nc3F)C2)nc1. The van der Waals surface area contributed by atoms with Crippen molar-refractivity contribution in [3.63, 3.8) is 0 Å². The second-order valence-corrected chi connectivity index (χ2v) is 7.16. The Balaban J connectivity index is 1.60. The maximum absolute atomic E-state index is 14.0. The Morgan fingerprint density at radius 1 is 1.46 bits per heavy atom. The number of aromatic nitrogens is 3. The maximum atomic E-state index is 14.0. The zero-order valence-electron chi connectivity index (χ0n) is 14.7. The highest BCUT2D eigenvalue weighted by atomic mass is 32.1. The molecule has 0 spiro atoms. The number of thiazole rings is 1. The Morgan fingerprint density at radius 3 is 2.85 bits per heavy atom. The normalized spacial score (nSPS) is 20.2. The van der Waals surface area contributed by atoms with Crippen LogP contribution in [0.5, 0.6) is 11.8 Å². The number of rotatable bonds is 6. The van der Waals surface area contributed by atoms with Crippen molar-refractivity contribution in [2.24, 2.45) is 0 Å². The average Bonchev–Trinajstić information content (AvgIpc) is 3.10. The van der Waals surface area contributed by atoms with Gasteiger partial charge in [-0.2, -0.15) is 19.3 Å². The van der Waals surface area contributed by atoms with E-state index in [2.05, 4.69) is 32.1 Å². The number of halogens is 1. The quantitative estimate of drug-likeness (QED) is 0.819. The van der Waals surface area contributed by atoms with Crippen molar-refractivity contribution in [2.75, 3.05) is 19.0 Å². The van der Waals surface area contributed by atoms with E-state index in [1.807, 2.05) is 0 Å². The Labute approximate surface area is 154 Å². The van der Waals surface area contributed by atoms with Crippen molar-refractivity contribution in [3.05, 3.63) is 23.2 Å². The second-order valence-electron chi connectivity index (χ2n) is 6.07. The highest BCUT2D eigenvalue weighted by Gasteiger charge is 2.32. The van der Waals surface area contributed by atoms with Crippen LogP contribution in [0.3, 0.4) is 0 Å². The first-order valence-corrected chi connectivity index (χ1v) is 8.95. The molecule has 1 aliphatic heterocycles. The van der Waals surface area contributed by atoms with Gasteiger partial charge in [-0.25, -0.2) is 0 Å². The zero-order valence-corrected chi connectivity index (χ0v) is 15.5. The van der Waals surface area contributed by atoms with Gasteiger partial charge in [-0.1, -0.05) is 11.3 Å². The lowest BCUT2D eigenvalue weighted by Gasteiger charge is -2.19. The van der Waals surface area contributed by atoms with Crippen molar-refractivity contribution in [1.29, 1.82) is 0 Å². The molecule has 140 valence electrons. The summed E-state index contributed by atoms with van der Waals surface area (Å²) < 4.78 is 24.9. The summed E-state index contributed by atoms with van der Waals surface area (Å²) in [5.41, 5.74) is 0. The van der Waals surface area contributed by atoms with E-state index >= 15 is 0 Å². The topological polar surface area (TPSA) is 89.5 Å². The standard InChI is InChI=1S/C16H20FN5O3S/c1-9-4-11(25-15-18-5-12(24-3)6-19-15)7-22(9)8-13-14(17)21-16(26-13)20-10(2)23/h5-6,9,11H,4,7-8H2,1-3H3,(H,20,21,23)/t9-,11+/m0/s1. The summed E-state index contributed by atoms with van der Waals surface area (Å²) in [6.45, 7) is 4.47. The number of anilines is 1. The number of likely N-dealkylation sites (tertiary alicyclic amines) is 1. The Hall–Kier alpha value is -2.33. The smallest absolute Gasteiger partial charge is 0.316 e. The minimum Gasteiger partial charge on any atom is -0.494 e. The molecule has 0 saturated carbocycles. The molecule has 0 aromatic carbocycles. The summed E-state index contributed by atoms with van der Waals surface area (Å²) in [6.07, 6.45) is 3.81. The summed E-state index contributed by atoms with van der Waals surface area (Å²) in [5, 5.41) is 2.79. The molecule has 2 aromatic rings. The second kappa shape index (κ2) is 7.92. The van der Waals surface area contributed by atoms with Crippen molar-refractivity contribution < 1.29 is 18.7 Å². The molecule has 0 aliphatic carbocycles. The molecule has 1 aliphatic rings. The number of hydrogen-bond donors (Lipinski definition) is 1. The predicted molar refractivity (Wildman–Crippen MR) is 93.9 cm³/mol. The highest BCUT2D eigenvalue weighted by molar-refractivity contribution is 7.15. The van der Waals surface area contributed by atoms with Crippen LogP contribution in [0.25, 0.3) is 0 Å². The van der Waals surface area contributed by atoms with Crippen molar-refractivity contribution >= 4 is 22.4 Å². The molecular weight excluding hydrogens is 361 g/mol. The monoisotopic (exact) mass is 381 g/mol. The van der Waals surface area contributed by atoms with Gasteiger partial charge in [0.15, 0.2) is 10.9 Å². The van der Waals surface area contributed by atoms with E-state index in [0.29, 0.717) is 29.7 Å². The summed E-state index contributed by atoms with van der Waals surface area (Å²) >= 11 is 1.15. The molecule has 1 amide bonds. The first kappa shape index (κ1) is 18.5. The van der Waals surface area contributed by atoms with Crippen LogP contribution >= 0.6 is 11.3 Å². The van der Waals surface area contributed by atoms with E-state index in [4.69, 9.17) is 9.47 Å². The molecule has 3 rings (SSSR count). The summed E-state index contributed by atoms with van der Waals surface area (Å²) in [6, 6.07) is 0.505. The molecule has 0 bridgehead atoms. The number of ether oxygens (including phenoxy) is 2. The first-order chi connectivity index (χ1) is 12.4. The number of carbonyl (C=O) groups is 1. The third-order valence-electron chi connectivity index (χ3n) is 4.06. The first-order valence-electron chi connectivity index (χ1n) is 8.14. The zero-order chi connectivity index (χ0) is 18.7. The number of hydrogen-bond acceptors (Lipinski definition) is 8. The molecule has 8 nitrogen and oxygen atoms in total. The van der Waals surface area contributed by atoms with Gasteiger partial charge in [-0.05, 0) is 6.92 Å². The Kier molecular flexibility index (Phi) is 5.62. The van der Waals surface area contributed by atoms with Gasteiger partial charge >= 0.3 is 6.01 Å². The number of amides is 1. The number of methoxy groups -OCH3 is 1. The fourth-order valence-corrected chi connectivity index (χ4v) is 3.70. The number of carbonyl (C=O) groups excluding carboxylic acids is 1. The molecular formula is C16H20FN5O3S. The van der Waals surface area contributed by atoms with Crippen molar-refractivity contribution in [1.82, 2.24) is 19.9 Å². The van der Waals surface area contributed by atoms with Crippen LogP contribution in [0, 0.1) is 5.95 Å². The van der Waals surface area contributed by atoms with Gasteiger partial charge in [-0.15, -0.1) is 0 Å². The molecule has 26 heavy (non-hydrogen) atoms. The van der Waals surface area contributed by atoms with Crippen LogP contribution < -0.4 is 14.8 Å². The van der Waals surface area contributed by atoms with Gasteiger partial charge in [-0.3, -0.25) is 9.69 Å². The summed E-state index contributed by atoms with van der Waals surface area (Å²) in [4.78, 5) is 25.6. The van der Waals surface area contributed by atoms with Crippen LogP contribution in [0.4, 0.5) is 9.52 Å². The highest BCUT2D eigenvalue weighted by Crippen LogP contribution is 2.28. The van der Waals surface area contributed by atoms with Crippen LogP contribution in [-0.2, 0) is 11.3 Å². The fourth-order valence-electron chi connectivity index (χ4n) is 2.79. The molecule has 1 N–H and O–H groups in total. The van der Waals surface area contributed by atoms with Gasteiger partial charge < -0.3 is 14.8 Å². The lowest BCUT2D eigenvalue weighted by molar-refractivity contribution is -0.114. The Bertz CT molecular complexity index is 770. The molecule has 2 aromatic heterocycles.